The standard InChI is InChI=1S/C15H12F2IN3O/c1-9-20-14-13(6-11(18)7-19-14)21(9)8-10-3-2-4-12(5-10)22-15(16)17/h2-7,15H,8H2,1H3. The van der Waals surface area contributed by atoms with Crippen molar-refractivity contribution in [3.63, 3.8) is 0 Å². The molecule has 0 saturated heterocycles. The second-order valence-corrected chi connectivity index (χ2v) is 6.01. The molecule has 3 rings (SSSR count). The molecule has 0 fully saturated rings. The van der Waals surface area contributed by atoms with E-state index in [2.05, 4.69) is 37.3 Å². The van der Waals surface area contributed by atoms with Crippen molar-refractivity contribution >= 4 is 33.8 Å². The molecule has 0 saturated carbocycles. The first-order chi connectivity index (χ1) is 10.5. The fourth-order valence-corrected chi connectivity index (χ4v) is 2.73. The zero-order valence-corrected chi connectivity index (χ0v) is 13.8. The highest BCUT2D eigenvalue weighted by atomic mass is 127. The number of pyridine rings is 1. The van der Waals surface area contributed by atoms with Gasteiger partial charge in [0.05, 0.1) is 5.52 Å². The Kier molecular flexibility index (Phi) is 4.23. The molecule has 0 unspecified atom stereocenters. The SMILES string of the molecule is Cc1nc2ncc(I)cc2n1Cc1cccc(OC(F)F)c1. The van der Waals surface area contributed by atoms with Gasteiger partial charge in [-0.15, -0.1) is 0 Å². The van der Waals surface area contributed by atoms with Gasteiger partial charge in [-0.1, -0.05) is 12.1 Å². The number of aromatic nitrogens is 3. The molecule has 0 spiro atoms. The molecule has 0 atom stereocenters. The quantitative estimate of drug-likeness (QED) is 0.605. The van der Waals surface area contributed by atoms with Crippen molar-refractivity contribution < 1.29 is 13.5 Å². The number of hydrogen-bond donors (Lipinski definition) is 0. The molecule has 1 aromatic carbocycles. The van der Waals surface area contributed by atoms with Crippen LogP contribution < -0.4 is 4.74 Å². The van der Waals surface area contributed by atoms with Gasteiger partial charge in [0.1, 0.15) is 11.6 Å². The van der Waals surface area contributed by atoms with Crippen LogP contribution in [0.25, 0.3) is 11.2 Å². The van der Waals surface area contributed by atoms with Crippen LogP contribution in [-0.4, -0.2) is 21.1 Å². The second kappa shape index (κ2) is 6.15. The fourth-order valence-electron chi connectivity index (χ4n) is 2.30. The van der Waals surface area contributed by atoms with Crippen LogP contribution in [0.15, 0.2) is 36.5 Å². The van der Waals surface area contributed by atoms with E-state index in [1.165, 1.54) is 6.07 Å². The lowest BCUT2D eigenvalue weighted by Gasteiger charge is -2.09. The summed E-state index contributed by atoms with van der Waals surface area (Å²) in [6.07, 6.45) is 1.76. The molecule has 0 radical (unpaired) electrons. The average Bonchev–Trinajstić information content (AvgIpc) is 2.75. The van der Waals surface area contributed by atoms with Crippen LogP contribution in [-0.2, 0) is 6.54 Å². The summed E-state index contributed by atoms with van der Waals surface area (Å²) in [6, 6.07) is 8.69. The van der Waals surface area contributed by atoms with E-state index in [4.69, 9.17) is 0 Å². The Morgan fingerprint density at radius 2 is 2.14 bits per heavy atom. The fraction of sp³-hybridized carbons (Fsp3) is 0.200. The van der Waals surface area contributed by atoms with Gasteiger partial charge < -0.3 is 9.30 Å². The van der Waals surface area contributed by atoms with E-state index in [9.17, 15) is 8.78 Å². The number of ether oxygens (including phenoxy) is 1. The van der Waals surface area contributed by atoms with Gasteiger partial charge in [-0.25, -0.2) is 9.97 Å². The summed E-state index contributed by atoms with van der Waals surface area (Å²) in [4.78, 5) is 8.72. The molecule has 2 aromatic heterocycles. The van der Waals surface area contributed by atoms with Crippen molar-refractivity contribution in [1.82, 2.24) is 14.5 Å². The van der Waals surface area contributed by atoms with Gasteiger partial charge in [0.15, 0.2) is 5.65 Å². The molecule has 4 nitrogen and oxygen atoms in total. The van der Waals surface area contributed by atoms with Crippen LogP contribution >= 0.6 is 22.6 Å². The number of alkyl halides is 2. The number of fused-ring (bicyclic) bond motifs is 1. The van der Waals surface area contributed by atoms with E-state index in [0.29, 0.717) is 12.2 Å². The summed E-state index contributed by atoms with van der Waals surface area (Å²) < 4.78 is 32.1. The van der Waals surface area contributed by atoms with Crippen molar-refractivity contribution in [3.8, 4) is 5.75 Å². The van der Waals surface area contributed by atoms with Crippen molar-refractivity contribution in [3.05, 3.63) is 51.5 Å². The molecule has 0 aliphatic rings. The highest BCUT2D eigenvalue weighted by molar-refractivity contribution is 14.1. The molecule has 114 valence electrons. The predicted octanol–water partition coefficient (Wildman–Crippen LogP) is 3.99. The molecule has 2 heterocycles. The topological polar surface area (TPSA) is 39.9 Å². The largest absolute Gasteiger partial charge is 0.435 e. The lowest BCUT2D eigenvalue weighted by molar-refractivity contribution is -0.0498. The summed E-state index contributed by atoms with van der Waals surface area (Å²) in [5.41, 5.74) is 2.46. The van der Waals surface area contributed by atoms with Crippen LogP contribution in [0.1, 0.15) is 11.4 Å². The first-order valence-corrected chi connectivity index (χ1v) is 7.63. The van der Waals surface area contributed by atoms with Gasteiger partial charge in [-0.05, 0) is 53.3 Å². The zero-order chi connectivity index (χ0) is 15.7. The Hall–Kier alpha value is -1.77. The highest BCUT2D eigenvalue weighted by Gasteiger charge is 2.10. The number of nitrogens with zero attached hydrogens (tertiary/aromatic N) is 3. The smallest absolute Gasteiger partial charge is 0.387 e. The van der Waals surface area contributed by atoms with Crippen molar-refractivity contribution in [2.24, 2.45) is 0 Å². The third-order valence-corrected chi connectivity index (χ3v) is 3.82. The van der Waals surface area contributed by atoms with Gasteiger partial charge in [0.25, 0.3) is 0 Å². The van der Waals surface area contributed by atoms with Gasteiger partial charge in [-0.3, -0.25) is 0 Å². The number of halogens is 3. The van der Waals surface area contributed by atoms with Gasteiger partial charge >= 0.3 is 6.61 Å². The normalized spacial score (nSPS) is 11.3. The summed E-state index contributed by atoms with van der Waals surface area (Å²) in [5.74, 6) is 0.979. The molecule has 0 amide bonds. The van der Waals surface area contributed by atoms with Gasteiger partial charge in [0, 0.05) is 16.3 Å². The molecular weight excluding hydrogens is 403 g/mol. The Bertz CT molecular complexity index is 820. The van der Waals surface area contributed by atoms with E-state index < -0.39 is 6.61 Å². The minimum absolute atomic E-state index is 0.155. The van der Waals surface area contributed by atoms with Crippen molar-refractivity contribution in [1.29, 1.82) is 0 Å². The first kappa shape index (κ1) is 15.1. The van der Waals surface area contributed by atoms with Gasteiger partial charge in [0.2, 0.25) is 0 Å². The predicted molar refractivity (Wildman–Crippen MR) is 87.2 cm³/mol. The second-order valence-electron chi connectivity index (χ2n) is 4.77. The lowest BCUT2D eigenvalue weighted by Crippen LogP contribution is -2.04. The summed E-state index contributed by atoms with van der Waals surface area (Å²) in [6.45, 7) is -0.407. The van der Waals surface area contributed by atoms with E-state index in [0.717, 1.165) is 20.5 Å². The highest BCUT2D eigenvalue weighted by Crippen LogP contribution is 2.21. The Balaban J connectivity index is 1.96. The van der Waals surface area contributed by atoms with E-state index in [-0.39, 0.29) is 5.75 Å². The zero-order valence-electron chi connectivity index (χ0n) is 11.6. The number of rotatable bonds is 4. The van der Waals surface area contributed by atoms with Crippen LogP contribution in [0.4, 0.5) is 8.78 Å². The third-order valence-electron chi connectivity index (χ3n) is 3.23. The number of benzene rings is 1. The molecule has 0 N–H and O–H groups in total. The van der Waals surface area contributed by atoms with Crippen LogP contribution in [0.5, 0.6) is 5.75 Å². The summed E-state index contributed by atoms with van der Waals surface area (Å²) >= 11 is 2.20. The minimum atomic E-state index is -2.82. The summed E-state index contributed by atoms with van der Waals surface area (Å²) in [7, 11) is 0. The lowest BCUT2D eigenvalue weighted by atomic mass is 10.2. The molecule has 0 aliphatic heterocycles. The first-order valence-electron chi connectivity index (χ1n) is 6.55. The minimum Gasteiger partial charge on any atom is -0.435 e. The molecule has 7 heteroatoms. The maximum absolute atomic E-state index is 12.3. The molecule has 0 aliphatic carbocycles. The maximum Gasteiger partial charge on any atom is 0.387 e. The van der Waals surface area contributed by atoms with E-state index in [1.807, 2.05) is 23.6 Å². The monoisotopic (exact) mass is 415 g/mol. The number of imidazole rings is 1. The Labute approximate surface area is 139 Å². The molecule has 22 heavy (non-hydrogen) atoms. The van der Waals surface area contributed by atoms with Crippen LogP contribution in [0.3, 0.4) is 0 Å². The van der Waals surface area contributed by atoms with Crippen LogP contribution in [0.2, 0.25) is 0 Å². The molecular formula is C15H12F2IN3O. The summed E-state index contributed by atoms with van der Waals surface area (Å²) in [5, 5.41) is 0. The van der Waals surface area contributed by atoms with Crippen molar-refractivity contribution in [2.75, 3.05) is 0 Å². The van der Waals surface area contributed by atoms with Gasteiger partial charge in [-0.2, -0.15) is 8.78 Å². The Morgan fingerprint density at radius 1 is 1.32 bits per heavy atom. The molecule has 0 bridgehead atoms. The number of aryl methyl sites for hydroxylation is 1. The maximum atomic E-state index is 12.3. The van der Waals surface area contributed by atoms with E-state index in [1.54, 1.807) is 18.3 Å². The van der Waals surface area contributed by atoms with Crippen molar-refractivity contribution in [2.45, 2.75) is 20.1 Å². The molecule has 3 aromatic rings. The average molecular weight is 415 g/mol. The van der Waals surface area contributed by atoms with Crippen LogP contribution in [0, 0.1) is 10.5 Å². The third kappa shape index (κ3) is 3.18. The number of hydrogen-bond acceptors (Lipinski definition) is 3. The van der Waals surface area contributed by atoms with E-state index >= 15 is 0 Å². The Morgan fingerprint density at radius 3 is 2.91 bits per heavy atom.